The molecule has 6 rings (SSSR count). The molecule has 0 saturated carbocycles. The van der Waals surface area contributed by atoms with Crippen LogP contribution in [0.2, 0.25) is 0 Å². The molecule has 59 heavy (non-hydrogen) atoms. The Labute approximate surface area is 339 Å². The lowest BCUT2D eigenvalue weighted by molar-refractivity contribution is 0.255. The first-order valence-electron chi connectivity index (χ1n) is 17.6. The molecule has 0 spiro atoms. The molecule has 0 aliphatic rings. The van der Waals surface area contributed by atoms with Crippen LogP contribution in [-0.4, -0.2) is 41.0 Å². The van der Waals surface area contributed by atoms with Gasteiger partial charge in [0, 0.05) is 34.1 Å². The number of carbonyl (C=O) groups is 4. The van der Waals surface area contributed by atoms with Crippen LogP contribution in [0.5, 0.6) is 0 Å². The van der Waals surface area contributed by atoms with E-state index >= 15 is 0 Å². The van der Waals surface area contributed by atoms with E-state index in [2.05, 4.69) is 31.9 Å². The topological polar surface area (TPSA) is 233 Å². The van der Waals surface area contributed by atoms with Crippen molar-refractivity contribution in [3.8, 4) is 0 Å². The van der Waals surface area contributed by atoms with Gasteiger partial charge in [0.15, 0.2) is 0 Å². The first-order valence-corrected chi connectivity index (χ1v) is 20.6. The zero-order valence-electron chi connectivity index (χ0n) is 30.8. The van der Waals surface area contributed by atoms with Crippen molar-refractivity contribution in [2.24, 2.45) is 0 Å². The van der Waals surface area contributed by atoms with Crippen molar-refractivity contribution in [3.63, 3.8) is 0 Å². The SMILES string of the molecule is O=C(Nc1ccccc1)Nc1ccc(S(=O)(=O)NC(=O)Nc2ccc(Cc3ccc(NC(=O)NS(=O)(=O)c4ccc(NC(=O)Nc5ccccc5)cc4)cc3)cc2)cc1. The van der Waals surface area contributed by atoms with Crippen LogP contribution in [0.15, 0.2) is 168 Å². The van der Waals surface area contributed by atoms with Crippen molar-refractivity contribution >= 4 is 78.3 Å². The summed E-state index contributed by atoms with van der Waals surface area (Å²) in [5, 5.41) is 15.5. The molecule has 0 aliphatic carbocycles. The van der Waals surface area contributed by atoms with Gasteiger partial charge in [-0.15, -0.1) is 0 Å². The molecule has 18 heteroatoms. The first kappa shape index (κ1) is 40.9. The zero-order chi connectivity index (χ0) is 41.8. The molecule has 0 fully saturated rings. The monoisotopic (exact) mass is 832 g/mol. The minimum Gasteiger partial charge on any atom is -0.308 e. The zero-order valence-corrected chi connectivity index (χ0v) is 32.4. The van der Waals surface area contributed by atoms with Gasteiger partial charge in [-0.3, -0.25) is 0 Å². The van der Waals surface area contributed by atoms with Gasteiger partial charge in [-0.05, 0) is 115 Å². The number of benzene rings is 6. The molecule has 8 N–H and O–H groups in total. The van der Waals surface area contributed by atoms with Gasteiger partial charge >= 0.3 is 24.1 Å². The molecule has 0 bridgehead atoms. The third-order valence-corrected chi connectivity index (χ3v) is 10.9. The predicted molar refractivity (Wildman–Crippen MR) is 225 cm³/mol. The predicted octanol–water partition coefficient (Wildman–Crippen LogP) is 7.59. The Morgan fingerprint density at radius 1 is 0.322 bits per heavy atom. The largest absolute Gasteiger partial charge is 0.333 e. The van der Waals surface area contributed by atoms with E-state index < -0.39 is 44.2 Å². The Hall–Kier alpha value is -7.70. The molecule has 0 atom stereocenters. The van der Waals surface area contributed by atoms with Gasteiger partial charge in [-0.2, -0.15) is 0 Å². The van der Waals surface area contributed by atoms with Crippen LogP contribution in [0.1, 0.15) is 11.1 Å². The standard InChI is InChI=1S/C41H36N8O8S2/c50-38(42-30-7-3-1-4-8-30)44-34-19-23-36(24-20-34)58(54,55)48-40(52)46-32-15-11-28(12-16-32)27-29-13-17-33(18-14-29)47-41(53)49-59(56,57)37-25-21-35(22-26-37)45-39(51)43-31-9-5-2-6-10-31/h1-26H,27H2,(H2,42,44,50)(H2,43,45,51)(H2,46,48,52)(H2,47,49,53). The molecule has 0 saturated heterocycles. The summed E-state index contributed by atoms with van der Waals surface area (Å²) in [5.74, 6) is 0. The number of carbonyl (C=O) groups excluding carboxylic acids is 4. The van der Waals surface area contributed by atoms with Gasteiger partial charge in [0.05, 0.1) is 9.79 Å². The average Bonchev–Trinajstić information content (AvgIpc) is 3.20. The van der Waals surface area contributed by atoms with Gasteiger partial charge in [0.1, 0.15) is 0 Å². The minimum atomic E-state index is -4.23. The molecule has 6 aromatic carbocycles. The maximum atomic E-state index is 12.8. The molecule has 6 aromatic rings. The van der Waals surface area contributed by atoms with Crippen LogP contribution < -0.4 is 41.3 Å². The van der Waals surface area contributed by atoms with Crippen molar-refractivity contribution in [1.82, 2.24) is 9.44 Å². The molecule has 8 amide bonds. The van der Waals surface area contributed by atoms with Crippen molar-refractivity contribution < 1.29 is 36.0 Å². The molecule has 0 aromatic heterocycles. The number of hydrogen-bond donors (Lipinski definition) is 8. The molecule has 0 aliphatic heterocycles. The Morgan fingerprint density at radius 2 is 0.576 bits per heavy atom. The first-order chi connectivity index (χ1) is 28.3. The highest BCUT2D eigenvalue weighted by Gasteiger charge is 2.19. The summed E-state index contributed by atoms with van der Waals surface area (Å²) < 4.78 is 55.2. The highest BCUT2D eigenvalue weighted by Crippen LogP contribution is 2.19. The minimum absolute atomic E-state index is 0.188. The molecule has 0 unspecified atom stereocenters. The van der Waals surface area contributed by atoms with Crippen LogP contribution in [0.25, 0.3) is 0 Å². The lowest BCUT2D eigenvalue weighted by Crippen LogP contribution is -2.34. The second kappa shape index (κ2) is 18.5. The molecular formula is C41H36N8O8S2. The van der Waals surface area contributed by atoms with Gasteiger partial charge in [0.25, 0.3) is 20.0 Å². The molecular weight excluding hydrogens is 797 g/mol. The molecule has 300 valence electrons. The highest BCUT2D eigenvalue weighted by atomic mass is 32.2. The summed E-state index contributed by atoms with van der Waals surface area (Å²) in [6, 6.07) is 38.6. The van der Waals surface area contributed by atoms with Crippen LogP contribution in [0.4, 0.5) is 53.3 Å². The van der Waals surface area contributed by atoms with Gasteiger partial charge in [-0.1, -0.05) is 60.7 Å². The summed E-state index contributed by atoms with van der Waals surface area (Å²) in [6.07, 6.45) is 0.471. The fraction of sp³-hybridized carbons (Fsp3) is 0.0244. The van der Waals surface area contributed by atoms with Crippen molar-refractivity contribution in [2.75, 3.05) is 31.9 Å². The Bertz CT molecular complexity index is 2460. The van der Waals surface area contributed by atoms with Crippen LogP contribution in [0, 0.1) is 0 Å². The summed E-state index contributed by atoms with van der Waals surface area (Å²) in [4.78, 5) is 49.2. The van der Waals surface area contributed by atoms with E-state index in [9.17, 15) is 36.0 Å². The third-order valence-electron chi connectivity index (χ3n) is 8.19. The van der Waals surface area contributed by atoms with Crippen LogP contribution >= 0.6 is 0 Å². The summed E-state index contributed by atoms with van der Waals surface area (Å²) >= 11 is 0. The molecule has 16 nitrogen and oxygen atoms in total. The van der Waals surface area contributed by atoms with E-state index in [1.165, 1.54) is 48.5 Å². The molecule has 0 radical (unpaired) electrons. The maximum Gasteiger partial charge on any atom is 0.333 e. The number of anilines is 6. The summed E-state index contributed by atoms with van der Waals surface area (Å²) in [6.45, 7) is 0. The normalized spacial score (nSPS) is 11.0. The van der Waals surface area contributed by atoms with E-state index in [-0.39, 0.29) is 9.79 Å². The van der Waals surface area contributed by atoms with Crippen molar-refractivity contribution in [3.05, 3.63) is 169 Å². The number of rotatable bonds is 12. The van der Waals surface area contributed by atoms with E-state index in [0.29, 0.717) is 40.5 Å². The maximum absolute atomic E-state index is 12.8. The Balaban J connectivity index is 0.934. The number of para-hydroxylation sites is 2. The molecule has 0 heterocycles. The van der Waals surface area contributed by atoms with Crippen LogP contribution in [0.3, 0.4) is 0 Å². The Morgan fingerprint density at radius 3 is 0.881 bits per heavy atom. The van der Waals surface area contributed by atoms with Crippen molar-refractivity contribution in [2.45, 2.75) is 16.2 Å². The van der Waals surface area contributed by atoms with Crippen LogP contribution in [-0.2, 0) is 26.5 Å². The van der Waals surface area contributed by atoms with E-state index in [0.717, 1.165) is 11.1 Å². The van der Waals surface area contributed by atoms with E-state index in [1.54, 1.807) is 97.1 Å². The number of amides is 8. The fourth-order valence-electron chi connectivity index (χ4n) is 5.39. The average molecular weight is 833 g/mol. The quantitative estimate of drug-likeness (QED) is 0.0611. The smallest absolute Gasteiger partial charge is 0.308 e. The van der Waals surface area contributed by atoms with Gasteiger partial charge < -0.3 is 31.9 Å². The highest BCUT2D eigenvalue weighted by molar-refractivity contribution is 7.90. The third kappa shape index (κ3) is 12.1. The van der Waals surface area contributed by atoms with E-state index in [4.69, 9.17) is 0 Å². The fourth-order valence-corrected chi connectivity index (χ4v) is 7.20. The Kier molecular flexibility index (Phi) is 12.8. The number of urea groups is 4. The summed E-state index contributed by atoms with van der Waals surface area (Å²) in [7, 11) is -8.46. The second-order valence-electron chi connectivity index (χ2n) is 12.6. The number of hydrogen-bond acceptors (Lipinski definition) is 8. The van der Waals surface area contributed by atoms with Gasteiger partial charge in [0.2, 0.25) is 0 Å². The lowest BCUT2D eigenvalue weighted by atomic mass is 10.0. The number of nitrogens with one attached hydrogen (secondary N) is 8. The van der Waals surface area contributed by atoms with E-state index in [1.807, 2.05) is 21.6 Å². The lowest BCUT2D eigenvalue weighted by Gasteiger charge is -2.11. The number of sulfonamides is 2. The second-order valence-corrected chi connectivity index (χ2v) is 16.0. The summed E-state index contributed by atoms with van der Waals surface area (Å²) in [5.41, 5.74) is 4.24. The van der Waals surface area contributed by atoms with Gasteiger partial charge in [-0.25, -0.2) is 45.5 Å². The van der Waals surface area contributed by atoms with Crippen molar-refractivity contribution in [1.29, 1.82) is 0 Å².